The van der Waals surface area contributed by atoms with E-state index in [-0.39, 0.29) is 0 Å². The van der Waals surface area contributed by atoms with Crippen LogP contribution < -0.4 is 28.4 Å². The third-order valence-electron chi connectivity index (χ3n) is 21.3. The summed E-state index contributed by atoms with van der Waals surface area (Å²) in [4.78, 5) is 0. The van der Waals surface area contributed by atoms with Crippen LogP contribution in [-0.2, 0) is 39.6 Å². The molecule has 0 aromatic heterocycles. The van der Waals surface area contributed by atoms with Crippen molar-refractivity contribution in [1.82, 2.24) is 0 Å². The van der Waals surface area contributed by atoms with E-state index in [2.05, 4.69) is 364 Å². The summed E-state index contributed by atoms with van der Waals surface area (Å²) in [6.45, 7) is 2.15. The summed E-state index contributed by atoms with van der Waals surface area (Å²) < 4.78 is 40.7. The first kappa shape index (κ1) is 65.1. The van der Waals surface area contributed by atoms with Gasteiger partial charge in [0.05, 0.1) is 0 Å². The van der Waals surface area contributed by atoms with Crippen molar-refractivity contribution in [3.63, 3.8) is 0 Å². The normalized spacial score (nSPS) is 12.7. The molecule has 0 fully saturated rings. The number of hydrogen-bond donors (Lipinski definition) is 0. The Morgan fingerprint density at radius 3 is 0.417 bits per heavy atom. The third-order valence-corrected chi connectivity index (χ3v) is 21.3. The zero-order valence-corrected chi connectivity index (χ0v) is 59.3. The Kier molecular flexibility index (Phi) is 17.3. The Morgan fingerprint density at radius 1 is 0.130 bits per heavy atom. The predicted molar refractivity (Wildman–Crippen MR) is 442 cm³/mol. The van der Waals surface area contributed by atoms with Gasteiger partial charge in [-0.05, 0) is 238 Å². The molecule has 7 aliphatic heterocycles. The number of rotatable bonds is 0. The lowest BCUT2D eigenvalue weighted by molar-refractivity contribution is 0.305. The highest BCUT2D eigenvalue weighted by Gasteiger charge is 2.23. The molecule has 0 amide bonds. The van der Waals surface area contributed by atoms with Crippen LogP contribution in [0, 0.1) is 0 Å². The van der Waals surface area contributed by atoms with E-state index in [1.165, 1.54) is 0 Å². The molecule has 7 heterocycles. The van der Waals surface area contributed by atoms with Crippen LogP contribution >= 0.6 is 0 Å². The average Bonchev–Trinajstić information content (AvgIpc) is 0.762. The van der Waals surface area contributed by atoms with Gasteiger partial charge in [0, 0.05) is 0 Å². The second-order valence-electron chi connectivity index (χ2n) is 27.8. The molecule has 0 radical (unpaired) electrons. The van der Waals surface area contributed by atoms with E-state index in [1.54, 1.807) is 0 Å². The Morgan fingerprint density at radius 2 is 0.269 bits per heavy atom. The Bertz CT molecular complexity index is 5370. The van der Waals surface area contributed by atoms with Crippen molar-refractivity contribution in [1.29, 1.82) is 0 Å². The number of fused-ring (bicyclic) bond motifs is 12. The first-order chi connectivity index (χ1) is 53.5. The molecule has 0 N–H and O–H groups in total. The van der Waals surface area contributed by atoms with Gasteiger partial charge in [-0.25, -0.2) is 0 Å². The van der Waals surface area contributed by atoms with Crippen LogP contribution in [0.3, 0.4) is 0 Å². The van der Waals surface area contributed by atoms with Crippen LogP contribution in [0.25, 0.3) is 131 Å². The molecule has 0 saturated carbocycles. The molecule has 516 valence electrons. The minimum atomic E-state index is 0.358. The average molecular weight is 1390 g/mol. The lowest BCUT2D eigenvalue weighted by Crippen LogP contribution is -2.03. The summed E-state index contributed by atoms with van der Waals surface area (Å²) in [6, 6.07) is 129. The maximum absolute atomic E-state index is 6.79. The van der Waals surface area contributed by atoms with E-state index in [9.17, 15) is 0 Å². The van der Waals surface area contributed by atoms with E-state index in [0.717, 1.165) is 199 Å². The molecule has 6 heteroatoms. The molecule has 12 bridgehead atoms. The van der Waals surface area contributed by atoms with E-state index < -0.39 is 0 Å². The van der Waals surface area contributed by atoms with E-state index in [4.69, 9.17) is 28.4 Å². The summed E-state index contributed by atoms with van der Waals surface area (Å²) in [5.41, 5.74) is 19.8. The molecule has 108 heavy (non-hydrogen) atoms. The predicted octanol–water partition coefficient (Wildman–Crippen LogP) is 26.4. The molecule has 18 aromatic carbocycles. The summed E-state index contributed by atoms with van der Waals surface area (Å²) in [5.74, 6) is 4.69. The highest BCUT2D eigenvalue weighted by atomic mass is 16.5. The summed E-state index contributed by atoms with van der Waals surface area (Å²) in [7, 11) is 0. The summed E-state index contributed by atoms with van der Waals surface area (Å²) >= 11 is 0. The molecule has 0 unspecified atom stereocenters. The first-order valence-corrected chi connectivity index (χ1v) is 36.9. The highest BCUT2D eigenvalue weighted by Crippen LogP contribution is 2.45. The second kappa shape index (κ2) is 28.8. The lowest BCUT2D eigenvalue weighted by atomic mass is 9.87. The Balaban J connectivity index is 0.663. The van der Waals surface area contributed by atoms with Crippen LogP contribution in [0.15, 0.2) is 364 Å². The van der Waals surface area contributed by atoms with Gasteiger partial charge in [0.1, 0.15) is 74.1 Å². The third kappa shape index (κ3) is 12.9. The molecule has 25 rings (SSSR count). The van der Waals surface area contributed by atoms with Crippen molar-refractivity contribution < 1.29 is 28.4 Å². The van der Waals surface area contributed by atoms with Crippen molar-refractivity contribution in [3.05, 3.63) is 397 Å². The molecule has 18 aromatic rings. The van der Waals surface area contributed by atoms with Gasteiger partial charge in [-0.2, -0.15) is 0 Å². The molecule has 0 atom stereocenters. The Labute approximate surface area is 627 Å². The SMILES string of the molecule is c1ccc2c3c(ccc2c1)COc1ccc(cc1)-c1ccc(cc1)OCc1ccc2ccccc2c1-c1c(ccc2ccccc12)COc1ccc(cc1)-c1ccc(cc1)OCc1ccc2ccccc2c1-c1c(ccc2ccccc12)COc1ccc(cc1)-c1ccc(cc1)OCc1ccc2ccccc2c1-3. The fourth-order valence-corrected chi connectivity index (χ4v) is 15.8. The monoisotopic (exact) mass is 1390 g/mol. The smallest absolute Gasteiger partial charge is 0.119 e. The topological polar surface area (TPSA) is 55.4 Å². The largest absolute Gasteiger partial charge is 0.489 e. The minimum absolute atomic E-state index is 0.358. The number of hydrogen-bond acceptors (Lipinski definition) is 6. The van der Waals surface area contributed by atoms with Crippen molar-refractivity contribution in [2.45, 2.75) is 39.6 Å². The van der Waals surface area contributed by atoms with Crippen LogP contribution in [0.1, 0.15) is 33.4 Å². The summed E-state index contributed by atoms with van der Waals surface area (Å²) in [6.07, 6.45) is 0. The summed E-state index contributed by atoms with van der Waals surface area (Å²) in [5, 5.41) is 13.9. The quantitative estimate of drug-likeness (QED) is 0.151. The number of ether oxygens (including phenoxy) is 6. The Hall–Kier alpha value is -13.7. The van der Waals surface area contributed by atoms with Gasteiger partial charge in [0.15, 0.2) is 0 Å². The molecular weight excluding hydrogens is 1320 g/mol. The maximum atomic E-state index is 6.79. The second-order valence-corrected chi connectivity index (χ2v) is 27.8. The first-order valence-electron chi connectivity index (χ1n) is 36.9. The van der Waals surface area contributed by atoms with Crippen LogP contribution in [0.2, 0.25) is 0 Å². The van der Waals surface area contributed by atoms with Crippen LogP contribution in [0.5, 0.6) is 34.5 Å². The van der Waals surface area contributed by atoms with Crippen molar-refractivity contribution in [2.24, 2.45) is 0 Å². The molecule has 0 spiro atoms. The lowest BCUT2D eigenvalue weighted by Gasteiger charge is -2.20. The highest BCUT2D eigenvalue weighted by molar-refractivity contribution is 6.11. The van der Waals surface area contributed by atoms with Gasteiger partial charge >= 0.3 is 0 Å². The van der Waals surface area contributed by atoms with Gasteiger partial charge in [-0.3, -0.25) is 0 Å². The van der Waals surface area contributed by atoms with Crippen molar-refractivity contribution in [2.75, 3.05) is 0 Å². The van der Waals surface area contributed by atoms with E-state index in [0.29, 0.717) is 39.6 Å². The van der Waals surface area contributed by atoms with E-state index >= 15 is 0 Å². The van der Waals surface area contributed by atoms with Gasteiger partial charge < -0.3 is 28.4 Å². The fraction of sp³-hybridized carbons (Fsp3) is 0.0588. The molecule has 0 saturated heterocycles. The molecule has 7 aliphatic rings. The van der Waals surface area contributed by atoms with Crippen LogP contribution in [0.4, 0.5) is 0 Å². The van der Waals surface area contributed by atoms with E-state index in [1.807, 2.05) is 0 Å². The zero-order valence-electron chi connectivity index (χ0n) is 59.3. The van der Waals surface area contributed by atoms with Crippen LogP contribution in [-0.4, -0.2) is 0 Å². The standard InChI is InChI=1S/C102H72O6/c1-7-19-91-73(13-1)25-31-79-61-103-85-49-37-67(38-50-85)69-41-53-87(54-42-69)105-63-81-33-27-75-15-3-9-21-93(75)99(81)101-83(35-29-77-17-5-11-23-95(77)101)65-107-89-57-45-71(46-58-89)72-47-59-90(60-48-72)108-66-84-36-30-78-18-6-12-24-96(78)102(84)100-82(34-28-76-16-4-10-22-94(76)100)64-106-88-55-43-70(44-56-88)68-39-51-86(52-40-68)104-62-80-32-26-74-14-2-8-20-92(74)98(80)97(79)91/h1-60H,61-66H2. The minimum Gasteiger partial charge on any atom is -0.489 e. The fourth-order valence-electron chi connectivity index (χ4n) is 15.8. The molecular formula is C102H72O6. The van der Waals surface area contributed by atoms with Crippen molar-refractivity contribution >= 4 is 64.6 Å². The molecule has 6 nitrogen and oxygen atoms in total. The maximum Gasteiger partial charge on any atom is 0.119 e. The van der Waals surface area contributed by atoms with Crippen molar-refractivity contribution in [3.8, 4) is 101 Å². The van der Waals surface area contributed by atoms with Gasteiger partial charge in [0.2, 0.25) is 0 Å². The van der Waals surface area contributed by atoms with Gasteiger partial charge in [0.25, 0.3) is 0 Å². The zero-order chi connectivity index (χ0) is 71.7. The van der Waals surface area contributed by atoms with Gasteiger partial charge in [-0.15, -0.1) is 0 Å². The number of benzene rings is 18. The molecule has 0 aliphatic carbocycles. The van der Waals surface area contributed by atoms with Gasteiger partial charge in [-0.1, -0.05) is 291 Å².